The molecule has 2 atom stereocenters. The molecule has 7 heteroatoms. The van der Waals surface area contributed by atoms with Gasteiger partial charge in [0, 0.05) is 18.7 Å². The van der Waals surface area contributed by atoms with Crippen LogP contribution in [0.4, 0.5) is 0 Å². The summed E-state index contributed by atoms with van der Waals surface area (Å²) in [6.07, 6.45) is 1.85. The van der Waals surface area contributed by atoms with Crippen LogP contribution in [0, 0.1) is 0 Å². The quantitative estimate of drug-likeness (QED) is 0.808. The largest absolute Gasteiger partial charge is 0.496 e. The van der Waals surface area contributed by atoms with Crippen LogP contribution in [0.1, 0.15) is 25.3 Å². The molecule has 0 unspecified atom stereocenters. The Kier molecular flexibility index (Phi) is 6.01. The molecule has 23 heavy (non-hydrogen) atoms. The minimum absolute atomic E-state index is 0.0110. The van der Waals surface area contributed by atoms with Gasteiger partial charge >= 0.3 is 0 Å². The Morgan fingerprint density at radius 1 is 1.43 bits per heavy atom. The first-order valence-electron chi connectivity index (χ1n) is 7.67. The Labute approximate surface area is 137 Å². The van der Waals surface area contributed by atoms with Crippen LogP contribution in [0.2, 0.25) is 0 Å². The monoisotopic (exact) mass is 341 g/mol. The van der Waals surface area contributed by atoms with Gasteiger partial charge in [0.2, 0.25) is 5.91 Å². The van der Waals surface area contributed by atoms with E-state index in [1.54, 1.807) is 24.3 Å². The number of methoxy groups -OCH3 is 1. The summed E-state index contributed by atoms with van der Waals surface area (Å²) < 4.78 is 35.5. The zero-order valence-electron chi connectivity index (χ0n) is 13.4. The SMILES string of the molecule is COc1ccccc1CS(=O)(=O)[C@H](C)C(=O)NC[C@H]1CCCO1. The van der Waals surface area contributed by atoms with Gasteiger partial charge in [0.15, 0.2) is 9.84 Å². The van der Waals surface area contributed by atoms with E-state index in [2.05, 4.69) is 5.32 Å². The maximum Gasteiger partial charge on any atom is 0.238 e. The highest BCUT2D eigenvalue weighted by Gasteiger charge is 2.29. The van der Waals surface area contributed by atoms with E-state index in [-0.39, 0.29) is 11.9 Å². The first kappa shape index (κ1) is 17.7. The van der Waals surface area contributed by atoms with Crippen LogP contribution in [0.3, 0.4) is 0 Å². The third-order valence-corrected chi connectivity index (χ3v) is 5.99. The molecule has 0 spiro atoms. The minimum Gasteiger partial charge on any atom is -0.496 e. The maximum atomic E-state index is 12.5. The molecule has 1 heterocycles. The van der Waals surface area contributed by atoms with Crippen LogP contribution in [-0.2, 0) is 25.1 Å². The van der Waals surface area contributed by atoms with Gasteiger partial charge in [0.25, 0.3) is 0 Å². The molecule has 1 aromatic carbocycles. The molecule has 2 rings (SSSR count). The van der Waals surface area contributed by atoms with Gasteiger partial charge in [-0.05, 0) is 25.8 Å². The van der Waals surface area contributed by atoms with E-state index in [9.17, 15) is 13.2 Å². The normalized spacial score (nSPS) is 19.3. The molecule has 1 N–H and O–H groups in total. The van der Waals surface area contributed by atoms with E-state index in [4.69, 9.17) is 9.47 Å². The second kappa shape index (κ2) is 7.79. The minimum atomic E-state index is -3.62. The number of hydrogen-bond donors (Lipinski definition) is 1. The van der Waals surface area contributed by atoms with Crippen LogP contribution in [-0.4, -0.2) is 45.9 Å². The number of benzene rings is 1. The van der Waals surface area contributed by atoms with E-state index in [0.29, 0.717) is 24.5 Å². The molecule has 1 saturated heterocycles. The van der Waals surface area contributed by atoms with Crippen LogP contribution >= 0.6 is 0 Å². The fourth-order valence-electron chi connectivity index (χ4n) is 2.49. The van der Waals surface area contributed by atoms with Gasteiger partial charge in [-0.1, -0.05) is 18.2 Å². The predicted molar refractivity (Wildman–Crippen MR) is 87.1 cm³/mol. The van der Waals surface area contributed by atoms with Crippen molar-refractivity contribution in [1.82, 2.24) is 5.32 Å². The van der Waals surface area contributed by atoms with Crippen molar-refractivity contribution < 1.29 is 22.7 Å². The van der Waals surface area contributed by atoms with Crippen molar-refractivity contribution >= 4 is 15.7 Å². The summed E-state index contributed by atoms with van der Waals surface area (Å²) in [5.74, 6) is -0.218. The summed E-state index contributed by atoms with van der Waals surface area (Å²) in [4.78, 5) is 12.1. The molecule has 1 aromatic rings. The number of carbonyl (C=O) groups is 1. The lowest BCUT2D eigenvalue weighted by Gasteiger charge is -2.16. The Bertz CT molecular complexity index is 638. The number of sulfone groups is 1. The predicted octanol–water partition coefficient (Wildman–Crippen LogP) is 1.29. The molecule has 1 aliphatic heterocycles. The average molecular weight is 341 g/mol. The van der Waals surface area contributed by atoms with Crippen molar-refractivity contribution in [2.75, 3.05) is 20.3 Å². The summed E-state index contributed by atoms with van der Waals surface area (Å²) in [6.45, 7) is 2.46. The smallest absolute Gasteiger partial charge is 0.238 e. The third-order valence-electron chi connectivity index (χ3n) is 3.99. The average Bonchev–Trinajstić information content (AvgIpc) is 3.05. The molecule has 128 valence electrons. The van der Waals surface area contributed by atoms with Gasteiger partial charge in [-0.3, -0.25) is 4.79 Å². The topological polar surface area (TPSA) is 81.7 Å². The molecule has 1 amide bonds. The molecule has 1 fully saturated rings. The number of amides is 1. The van der Waals surface area contributed by atoms with Crippen molar-refractivity contribution in [3.05, 3.63) is 29.8 Å². The lowest BCUT2D eigenvalue weighted by Crippen LogP contribution is -2.41. The number of rotatable bonds is 7. The molecule has 0 radical (unpaired) electrons. The molecule has 0 aliphatic carbocycles. The van der Waals surface area contributed by atoms with Crippen LogP contribution in [0.15, 0.2) is 24.3 Å². The summed E-state index contributed by atoms with van der Waals surface area (Å²) in [7, 11) is -2.13. The highest BCUT2D eigenvalue weighted by Crippen LogP contribution is 2.21. The van der Waals surface area contributed by atoms with Gasteiger partial charge in [-0.25, -0.2) is 8.42 Å². The van der Waals surface area contributed by atoms with Crippen LogP contribution in [0.5, 0.6) is 5.75 Å². The lowest BCUT2D eigenvalue weighted by molar-refractivity contribution is -0.120. The van der Waals surface area contributed by atoms with Crippen molar-refractivity contribution in [1.29, 1.82) is 0 Å². The fraction of sp³-hybridized carbons (Fsp3) is 0.562. The molecule has 6 nitrogen and oxygen atoms in total. The van der Waals surface area contributed by atoms with Crippen molar-refractivity contribution in [3.8, 4) is 5.75 Å². The van der Waals surface area contributed by atoms with E-state index < -0.39 is 21.0 Å². The zero-order valence-corrected chi connectivity index (χ0v) is 14.3. The molecule has 1 aliphatic rings. The molecule has 0 bridgehead atoms. The number of carbonyl (C=O) groups excluding carboxylic acids is 1. The summed E-state index contributed by atoms with van der Waals surface area (Å²) in [5, 5.41) is 1.55. The maximum absolute atomic E-state index is 12.5. The zero-order chi connectivity index (χ0) is 16.9. The van der Waals surface area contributed by atoms with Gasteiger partial charge in [-0.2, -0.15) is 0 Å². The third kappa shape index (κ3) is 4.68. The van der Waals surface area contributed by atoms with Crippen molar-refractivity contribution in [2.24, 2.45) is 0 Å². The molecular weight excluding hydrogens is 318 g/mol. The molecule has 0 aromatic heterocycles. The Morgan fingerprint density at radius 3 is 2.83 bits per heavy atom. The first-order chi connectivity index (χ1) is 10.9. The summed E-state index contributed by atoms with van der Waals surface area (Å²) >= 11 is 0. The fourth-order valence-corrected chi connectivity index (χ4v) is 3.82. The Morgan fingerprint density at radius 2 is 2.17 bits per heavy atom. The lowest BCUT2D eigenvalue weighted by atomic mass is 10.2. The standard InChI is InChI=1S/C16H23NO5S/c1-12(16(18)17-10-14-7-5-9-22-14)23(19,20)11-13-6-3-4-8-15(13)21-2/h3-4,6,8,12,14H,5,7,9-11H2,1-2H3,(H,17,18)/t12-,14-/m1/s1. The molecular formula is C16H23NO5S. The highest BCUT2D eigenvalue weighted by atomic mass is 32.2. The highest BCUT2D eigenvalue weighted by molar-refractivity contribution is 7.92. The van der Waals surface area contributed by atoms with E-state index in [1.165, 1.54) is 14.0 Å². The number of ether oxygens (including phenoxy) is 2. The van der Waals surface area contributed by atoms with E-state index in [0.717, 1.165) is 12.8 Å². The van der Waals surface area contributed by atoms with Gasteiger partial charge in [0.1, 0.15) is 11.0 Å². The Balaban J connectivity index is 1.98. The van der Waals surface area contributed by atoms with Crippen molar-refractivity contribution in [3.63, 3.8) is 0 Å². The van der Waals surface area contributed by atoms with Gasteiger partial charge in [0.05, 0.1) is 19.0 Å². The number of nitrogens with one attached hydrogen (secondary N) is 1. The first-order valence-corrected chi connectivity index (χ1v) is 9.38. The van der Waals surface area contributed by atoms with E-state index >= 15 is 0 Å². The molecule has 0 saturated carbocycles. The Hall–Kier alpha value is -1.60. The number of para-hydroxylation sites is 1. The summed E-state index contributed by atoms with van der Waals surface area (Å²) in [6, 6.07) is 6.91. The van der Waals surface area contributed by atoms with Gasteiger partial charge in [-0.15, -0.1) is 0 Å². The second-order valence-electron chi connectivity index (χ2n) is 5.64. The number of hydrogen-bond acceptors (Lipinski definition) is 5. The van der Waals surface area contributed by atoms with E-state index in [1.807, 2.05) is 0 Å². The van der Waals surface area contributed by atoms with Gasteiger partial charge < -0.3 is 14.8 Å². The van der Waals surface area contributed by atoms with Crippen molar-refractivity contribution in [2.45, 2.75) is 36.9 Å². The second-order valence-corrected chi connectivity index (χ2v) is 7.96. The summed E-state index contributed by atoms with van der Waals surface area (Å²) in [5.41, 5.74) is 0.550. The van der Waals surface area contributed by atoms with Crippen LogP contribution in [0.25, 0.3) is 0 Å². The van der Waals surface area contributed by atoms with Crippen LogP contribution < -0.4 is 10.1 Å².